The molecule has 0 amide bonds. The van der Waals surface area contributed by atoms with Crippen LogP contribution in [-0.4, -0.2) is 53.3 Å². The van der Waals surface area contributed by atoms with Crippen molar-refractivity contribution in [3.63, 3.8) is 0 Å². The quantitative estimate of drug-likeness (QED) is 0.262. The van der Waals surface area contributed by atoms with Crippen LogP contribution in [0.25, 0.3) is 0 Å². The molecule has 0 saturated carbocycles. The summed E-state index contributed by atoms with van der Waals surface area (Å²) in [4.78, 5) is 0. The van der Waals surface area contributed by atoms with Crippen molar-refractivity contribution in [2.45, 2.75) is 95.3 Å². The first-order valence-corrected chi connectivity index (χ1v) is 13.0. The molecule has 0 aromatic carbocycles. The molecule has 0 radical (unpaired) electrons. The fraction of sp³-hybridized carbons (Fsp3) is 1.00. The van der Waals surface area contributed by atoms with E-state index in [2.05, 4.69) is 15.3 Å². The van der Waals surface area contributed by atoms with Gasteiger partial charge in [-0.25, -0.2) is 0 Å². The number of rotatable bonds is 18. The molecule has 9 heteroatoms. The highest BCUT2D eigenvalue weighted by Gasteiger charge is 2.33. The number of aliphatic hydroxyl groups is 1. The second-order valence-electron chi connectivity index (χ2n) is 6.95. The van der Waals surface area contributed by atoms with Gasteiger partial charge in [-0.1, -0.05) is 71.1 Å². The van der Waals surface area contributed by atoms with Gasteiger partial charge in [-0.05, 0) is 12.8 Å². The average molecular weight is 431 g/mol. The molecule has 0 rings (SSSR count). The van der Waals surface area contributed by atoms with E-state index >= 15 is 0 Å². The molecule has 0 saturated heterocycles. The molecule has 0 aliphatic heterocycles. The molecule has 2 atom stereocenters. The van der Waals surface area contributed by atoms with E-state index in [0.29, 0.717) is 12.8 Å². The molecule has 1 N–H and O–H groups in total. The first kappa shape index (κ1) is 26.8. The van der Waals surface area contributed by atoms with Gasteiger partial charge in [-0.15, -0.1) is 0 Å². The fourth-order valence-corrected chi connectivity index (χ4v) is 5.06. The topological polar surface area (TPSA) is 107 Å². The Kier molecular flexibility index (Phi) is 14.6. The minimum atomic E-state index is -4.02. The molecule has 0 aliphatic rings. The third kappa shape index (κ3) is 12.8. The molecule has 7 nitrogen and oxygen atoms in total. The van der Waals surface area contributed by atoms with Crippen molar-refractivity contribution in [3.8, 4) is 0 Å². The smallest absolute Gasteiger partial charge is 0.272 e. The molecule has 0 aliphatic carbocycles. The van der Waals surface area contributed by atoms with Gasteiger partial charge >= 0.3 is 0 Å². The summed E-state index contributed by atoms with van der Waals surface area (Å²) < 4.78 is 55.7. The second-order valence-corrected chi connectivity index (χ2v) is 10.7. The van der Waals surface area contributed by atoms with E-state index in [0.717, 1.165) is 33.5 Å². The predicted octanol–water partition coefficient (Wildman–Crippen LogP) is 3.37. The normalized spacial score (nSPS) is 15.0. The van der Waals surface area contributed by atoms with Gasteiger partial charge in [0.2, 0.25) is 0 Å². The van der Waals surface area contributed by atoms with Crippen molar-refractivity contribution in [1.82, 2.24) is 0 Å². The lowest BCUT2D eigenvalue weighted by molar-refractivity contribution is 0.147. The van der Waals surface area contributed by atoms with Gasteiger partial charge in [0, 0.05) is 0 Å². The zero-order valence-corrected chi connectivity index (χ0v) is 18.7. The number of hydrogen-bond donors (Lipinski definition) is 1. The summed E-state index contributed by atoms with van der Waals surface area (Å²) in [6.07, 6.45) is 10.3. The van der Waals surface area contributed by atoms with E-state index in [1.54, 1.807) is 0 Å². The van der Waals surface area contributed by atoms with Crippen LogP contribution in [-0.2, 0) is 28.6 Å². The average Bonchev–Trinajstić information content (AvgIpc) is 2.63. The van der Waals surface area contributed by atoms with Crippen LogP contribution >= 0.6 is 0 Å². The molecule has 2 unspecified atom stereocenters. The molecule has 0 aromatic rings. The molecule has 0 heterocycles. The maximum absolute atomic E-state index is 12.0. The van der Waals surface area contributed by atoms with Crippen LogP contribution in [0.3, 0.4) is 0 Å². The SMILES string of the molecule is CCCCCCCCCCCCC(O)C(CCS(=O)(=O)OC)S(=O)(=O)OC. The van der Waals surface area contributed by atoms with Crippen molar-refractivity contribution in [3.05, 3.63) is 0 Å². The molecule has 164 valence electrons. The fourth-order valence-electron chi connectivity index (χ4n) is 3.02. The Hall–Kier alpha value is -0.220. The summed E-state index contributed by atoms with van der Waals surface area (Å²) in [5.41, 5.74) is 0. The van der Waals surface area contributed by atoms with Crippen LogP contribution in [0.1, 0.15) is 84.0 Å². The largest absolute Gasteiger partial charge is 0.392 e. The van der Waals surface area contributed by atoms with E-state index in [1.165, 1.54) is 38.5 Å². The molecule has 0 fully saturated rings. The Labute approximate surface area is 166 Å². The van der Waals surface area contributed by atoms with Crippen LogP contribution in [0.5, 0.6) is 0 Å². The van der Waals surface area contributed by atoms with Crippen molar-refractivity contribution in [2.75, 3.05) is 20.0 Å². The summed E-state index contributed by atoms with van der Waals surface area (Å²) in [6.45, 7) is 2.20. The first-order valence-electron chi connectivity index (χ1n) is 9.96. The highest BCUT2D eigenvalue weighted by atomic mass is 32.2. The summed E-state index contributed by atoms with van der Waals surface area (Å²) >= 11 is 0. The van der Waals surface area contributed by atoms with Gasteiger partial charge in [-0.3, -0.25) is 8.37 Å². The molecule has 0 bridgehead atoms. The van der Waals surface area contributed by atoms with E-state index < -0.39 is 37.3 Å². The lowest BCUT2D eigenvalue weighted by atomic mass is 10.0. The highest BCUT2D eigenvalue weighted by Crippen LogP contribution is 2.20. The van der Waals surface area contributed by atoms with Crippen LogP contribution in [0, 0.1) is 0 Å². The summed E-state index contributed by atoms with van der Waals surface area (Å²) in [5.74, 6) is -0.480. The van der Waals surface area contributed by atoms with Gasteiger partial charge < -0.3 is 5.11 Å². The third-order valence-electron chi connectivity index (χ3n) is 4.79. The Bertz CT molecular complexity index is 558. The summed E-state index contributed by atoms with van der Waals surface area (Å²) in [7, 11) is -5.78. The predicted molar refractivity (Wildman–Crippen MR) is 108 cm³/mol. The summed E-state index contributed by atoms with van der Waals surface area (Å²) in [6, 6.07) is 0. The van der Waals surface area contributed by atoms with Crippen LogP contribution < -0.4 is 0 Å². The minimum Gasteiger partial charge on any atom is -0.392 e. The zero-order valence-electron chi connectivity index (χ0n) is 17.1. The van der Waals surface area contributed by atoms with Crippen LogP contribution in [0.15, 0.2) is 0 Å². The molecular formula is C18H38O7S2. The maximum Gasteiger partial charge on any atom is 0.272 e. The van der Waals surface area contributed by atoms with Crippen molar-refractivity contribution in [2.24, 2.45) is 0 Å². The number of aliphatic hydroxyl groups excluding tert-OH is 1. The van der Waals surface area contributed by atoms with Gasteiger partial charge in [-0.2, -0.15) is 16.8 Å². The summed E-state index contributed by atoms with van der Waals surface area (Å²) in [5, 5.41) is 9.00. The van der Waals surface area contributed by atoms with Crippen molar-refractivity contribution >= 4 is 20.2 Å². The third-order valence-corrected chi connectivity index (χ3v) is 7.79. The van der Waals surface area contributed by atoms with Crippen LogP contribution in [0.4, 0.5) is 0 Å². The second kappa shape index (κ2) is 14.7. The lowest BCUT2D eigenvalue weighted by Gasteiger charge is -2.21. The van der Waals surface area contributed by atoms with Crippen LogP contribution in [0.2, 0.25) is 0 Å². The molecule has 27 heavy (non-hydrogen) atoms. The molecular weight excluding hydrogens is 392 g/mol. The highest BCUT2D eigenvalue weighted by molar-refractivity contribution is 7.88. The van der Waals surface area contributed by atoms with Crippen molar-refractivity contribution in [1.29, 1.82) is 0 Å². The molecule has 0 spiro atoms. The minimum absolute atomic E-state index is 0.259. The standard InChI is InChI=1S/C18H38O7S2/c1-4-5-6-7-8-9-10-11-12-13-14-17(19)18(27(22,23)25-3)15-16-26(20,21)24-2/h17-19H,4-16H2,1-3H3. The Morgan fingerprint density at radius 1 is 0.741 bits per heavy atom. The number of hydrogen-bond acceptors (Lipinski definition) is 7. The van der Waals surface area contributed by atoms with E-state index in [4.69, 9.17) is 0 Å². The van der Waals surface area contributed by atoms with E-state index in [-0.39, 0.29) is 6.42 Å². The van der Waals surface area contributed by atoms with Gasteiger partial charge in [0.05, 0.1) is 26.1 Å². The Morgan fingerprint density at radius 3 is 1.67 bits per heavy atom. The molecule has 0 aromatic heterocycles. The van der Waals surface area contributed by atoms with E-state index in [9.17, 15) is 21.9 Å². The maximum atomic E-state index is 12.0. The van der Waals surface area contributed by atoms with E-state index in [1.807, 2.05) is 0 Å². The Balaban J connectivity index is 4.21. The van der Waals surface area contributed by atoms with Gasteiger partial charge in [0.15, 0.2) is 0 Å². The van der Waals surface area contributed by atoms with Crippen molar-refractivity contribution < 1.29 is 30.3 Å². The first-order chi connectivity index (χ1) is 12.7. The lowest BCUT2D eigenvalue weighted by Crippen LogP contribution is -2.36. The number of unbranched alkanes of at least 4 members (excludes halogenated alkanes) is 9. The zero-order chi connectivity index (χ0) is 20.8. The Morgan fingerprint density at radius 2 is 1.22 bits per heavy atom. The van der Waals surface area contributed by atoms with Gasteiger partial charge in [0.25, 0.3) is 20.2 Å². The monoisotopic (exact) mass is 430 g/mol. The van der Waals surface area contributed by atoms with Gasteiger partial charge in [0.1, 0.15) is 5.25 Å².